The van der Waals surface area contributed by atoms with Crippen LogP contribution in [0, 0.1) is 0 Å². The van der Waals surface area contributed by atoms with Crippen LogP contribution in [0.3, 0.4) is 0 Å². The Morgan fingerprint density at radius 2 is 1.95 bits per heavy atom. The summed E-state index contributed by atoms with van der Waals surface area (Å²) < 4.78 is 47.7. The number of alkyl halides is 3. The topological polar surface area (TPSA) is 21.7 Å². The third-order valence-electron chi connectivity index (χ3n) is 2.91. The Hall–Kier alpha value is -0.790. The zero-order valence-corrected chi connectivity index (χ0v) is 12.3. The molecular weight excluding hydrogens is 339 g/mol. The Labute approximate surface area is 123 Å². The van der Waals surface area contributed by atoms with Crippen LogP contribution in [0.5, 0.6) is 5.75 Å². The molecule has 0 bridgehead atoms. The van der Waals surface area contributed by atoms with E-state index in [-0.39, 0.29) is 5.75 Å². The van der Waals surface area contributed by atoms with Crippen LogP contribution >= 0.6 is 15.9 Å². The van der Waals surface area contributed by atoms with E-state index in [1.807, 2.05) is 0 Å². The predicted molar refractivity (Wildman–Crippen MR) is 71.8 cm³/mol. The van der Waals surface area contributed by atoms with Gasteiger partial charge in [-0.2, -0.15) is 13.2 Å². The highest BCUT2D eigenvalue weighted by atomic mass is 79.9. The lowest BCUT2D eigenvalue weighted by molar-refractivity contribution is -0.153. The fourth-order valence-electron chi connectivity index (χ4n) is 1.97. The standard InChI is InChI=1S/C13H15BrF3NO2/c14-11-1-2-12(20-9-13(15,16)17)10(7-11)8-18-3-5-19-6-4-18/h1-2,7H,3-6,8-9H2. The van der Waals surface area contributed by atoms with Crippen molar-refractivity contribution in [2.24, 2.45) is 0 Å². The Balaban J connectivity index is 2.06. The first-order chi connectivity index (χ1) is 9.44. The van der Waals surface area contributed by atoms with Gasteiger partial charge in [0.2, 0.25) is 0 Å². The minimum absolute atomic E-state index is 0.275. The van der Waals surface area contributed by atoms with Gasteiger partial charge in [0.1, 0.15) is 5.75 Å². The zero-order chi connectivity index (χ0) is 14.6. The summed E-state index contributed by atoms with van der Waals surface area (Å²) in [4.78, 5) is 2.13. The first-order valence-electron chi connectivity index (χ1n) is 6.22. The van der Waals surface area contributed by atoms with Gasteiger partial charge in [-0.25, -0.2) is 0 Å². The van der Waals surface area contributed by atoms with Crippen molar-refractivity contribution < 1.29 is 22.6 Å². The van der Waals surface area contributed by atoms with Crippen LogP contribution in [0.2, 0.25) is 0 Å². The second-order valence-corrected chi connectivity index (χ2v) is 5.46. The molecule has 0 radical (unpaired) electrons. The number of hydrogen-bond donors (Lipinski definition) is 0. The van der Waals surface area contributed by atoms with Crippen LogP contribution in [-0.2, 0) is 11.3 Å². The smallest absolute Gasteiger partial charge is 0.422 e. The molecule has 0 amide bonds. The Morgan fingerprint density at radius 3 is 2.60 bits per heavy atom. The van der Waals surface area contributed by atoms with E-state index in [9.17, 15) is 13.2 Å². The molecule has 1 aromatic carbocycles. The number of rotatable bonds is 4. The maximum Gasteiger partial charge on any atom is 0.422 e. The first-order valence-corrected chi connectivity index (χ1v) is 7.01. The number of halogens is 4. The molecule has 2 rings (SSSR count). The van der Waals surface area contributed by atoms with Crippen molar-refractivity contribution in [3.05, 3.63) is 28.2 Å². The molecule has 1 fully saturated rings. The van der Waals surface area contributed by atoms with E-state index < -0.39 is 12.8 Å². The molecule has 0 saturated carbocycles. The van der Waals surface area contributed by atoms with Crippen molar-refractivity contribution in [2.75, 3.05) is 32.9 Å². The van der Waals surface area contributed by atoms with Gasteiger partial charge in [0.25, 0.3) is 0 Å². The molecule has 112 valence electrons. The third-order valence-corrected chi connectivity index (χ3v) is 3.40. The normalized spacial score (nSPS) is 17.2. The van der Waals surface area contributed by atoms with Crippen LogP contribution in [0.4, 0.5) is 13.2 Å². The van der Waals surface area contributed by atoms with Gasteiger partial charge in [-0.05, 0) is 18.2 Å². The van der Waals surface area contributed by atoms with E-state index in [4.69, 9.17) is 9.47 Å². The summed E-state index contributed by atoms with van der Waals surface area (Å²) in [6.45, 7) is 2.11. The van der Waals surface area contributed by atoms with Crippen LogP contribution in [0.1, 0.15) is 5.56 Å². The van der Waals surface area contributed by atoms with E-state index >= 15 is 0 Å². The highest BCUT2D eigenvalue weighted by Crippen LogP contribution is 2.27. The number of ether oxygens (including phenoxy) is 2. The van der Waals surface area contributed by atoms with Gasteiger partial charge in [0, 0.05) is 29.7 Å². The van der Waals surface area contributed by atoms with Crippen molar-refractivity contribution in [3.8, 4) is 5.75 Å². The van der Waals surface area contributed by atoms with Crippen LogP contribution in [-0.4, -0.2) is 44.0 Å². The highest BCUT2D eigenvalue weighted by molar-refractivity contribution is 9.10. The number of hydrogen-bond acceptors (Lipinski definition) is 3. The maximum absolute atomic E-state index is 12.2. The summed E-state index contributed by atoms with van der Waals surface area (Å²) in [6, 6.07) is 5.03. The summed E-state index contributed by atoms with van der Waals surface area (Å²) >= 11 is 3.33. The van der Waals surface area contributed by atoms with Crippen molar-refractivity contribution >= 4 is 15.9 Å². The lowest BCUT2D eigenvalue weighted by Crippen LogP contribution is -2.35. The van der Waals surface area contributed by atoms with Gasteiger partial charge in [0.05, 0.1) is 13.2 Å². The number of morpholine rings is 1. The monoisotopic (exact) mass is 353 g/mol. The largest absolute Gasteiger partial charge is 0.484 e. The molecule has 20 heavy (non-hydrogen) atoms. The molecule has 0 spiro atoms. The van der Waals surface area contributed by atoms with Crippen molar-refractivity contribution in [1.82, 2.24) is 4.90 Å². The van der Waals surface area contributed by atoms with Gasteiger partial charge in [-0.15, -0.1) is 0 Å². The molecule has 0 aliphatic carbocycles. The van der Waals surface area contributed by atoms with E-state index in [1.165, 1.54) is 0 Å². The van der Waals surface area contributed by atoms with Gasteiger partial charge in [0.15, 0.2) is 6.61 Å². The number of benzene rings is 1. The number of nitrogens with zero attached hydrogens (tertiary/aromatic N) is 1. The summed E-state index contributed by atoms with van der Waals surface area (Å²) in [5.74, 6) is 0.275. The lowest BCUT2D eigenvalue weighted by Gasteiger charge is -2.27. The molecule has 1 aliphatic heterocycles. The molecule has 3 nitrogen and oxygen atoms in total. The van der Waals surface area contributed by atoms with E-state index in [1.54, 1.807) is 18.2 Å². The maximum atomic E-state index is 12.2. The van der Waals surface area contributed by atoms with E-state index in [0.29, 0.717) is 19.8 Å². The second-order valence-electron chi connectivity index (χ2n) is 4.54. The van der Waals surface area contributed by atoms with E-state index in [0.717, 1.165) is 23.1 Å². The third kappa shape index (κ3) is 4.96. The molecule has 0 unspecified atom stereocenters. The summed E-state index contributed by atoms with van der Waals surface area (Å²) in [5.41, 5.74) is 0.741. The van der Waals surface area contributed by atoms with Gasteiger partial charge >= 0.3 is 6.18 Å². The average molecular weight is 354 g/mol. The van der Waals surface area contributed by atoms with Crippen LogP contribution in [0.15, 0.2) is 22.7 Å². The predicted octanol–water partition coefficient (Wildman–Crippen LogP) is 3.22. The molecule has 7 heteroatoms. The Kier molecular flexibility index (Phi) is 5.29. The molecule has 1 aromatic rings. The Bertz CT molecular complexity index is 448. The first kappa shape index (κ1) is 15.6. The molecule has 1 saturated heterocycles. The molecule has 1 aliphatic rings. The van der Waals surface area contributed by atoms with Crippen LogP contribution < -0.4 is 4.74 Å². The van der Waals surface area contributed by atoms with E-state index in [2.05, 4.69) is 20.8 Å². The SMILES string of the molecule is FC(F)(F)COc1ccc(Br)cc1CN1CCOCC1. The lowest BCUT2D eigenvalue weighted by atomic mass is 10.2. The highest BCUT2D eigenvalue weighted by Gasteiger charge is 2.29. The van der Waals surface area contributed by atoms with Gasteiger partial charge in [-0.1, -0.05) is 15.9 Å². The van der Waals surface area contributed by atoms with Crippen LogP contribution in [0.25, 0.3) is 0 Å². The minimum Gasteiger partial charge on any atom is -0.484 e. The minimum atomic E-state index is -4.33. The zero-order valence-electron chi connectivity index (χ0n) is 10.8. The average Bonchev–Trinajstić information content (AvgIpc) is 2.38. The molecule has 1 heterocycles. The molecule has 0 atom stereocenters. The summed E-state index contributed by atoms with van der Waals surface area (Å²) in [6.07, 6.45) is -4.33. The van der Waals surface area contributed by atoms with Crippen molar-refractivity contribution in [2.45, 2.75) is 12.7 Å². The Morgan fingerprint density at radius 1 is 1.25 bits per heavy atom. The molecular formula is C13H15BrF3NO2. The van der Waals surface area contributed by atoms with Crippen molar-refractivity contribution in [3.63, 3.8) is 0 Å². The quantitative estimate of drug-likeness (QED) is 0.829. The van der Waals surface area contributed by atoms with Crippen molar-refractivity contribution in [1.29, 1.82) is 0 Å². The van der Waals surface area contributed by atoms with Gasteiger partial charge in [-0.3, -0.25) is 4.90 Å². The fourth-order valence-corrected chi connectivity index (χ4v) is 2.38. The molecule has 0 aromatic heterocycles. The second kappa shape index (κ2) is 6.78. The fraction of sp³-hybridized carbons (Fsp3) is 0.538. The summed E-state index contributed by atoms with van der Waals surface area (Å²) in [7, 11) is 0. The summed E-state index contributed by atoms with van der Waals surface area (Å²) in [5, 5.41) is 0. The van der Waals surface area contributed by atoms with Gasteiger partial charge < -0.3 is 9.47 Å². The molecule has 0 N–H and O–H groups in total.